The summed E-state index contributed by atoms with van der Waals surface area (Å²) in [5.74, 6) is 0.610. The van der Waals surface area contributed by atoms with Gasteiger partial charge in [-0.2, -0.15) is 0 Å². The van der Waals surface area contributed by atoms with Gasteiger partial charge in [-0.25, -0.2) is 0 Å². The van der Waals surface area contributed by atoms with Crippen LogP contribution in [-0.4, -0.2) is 42.9 Å². The molecule has 0 spiro atoms. The lowest BCUT2D eigenvalue weighted by atomic mass is 9.80. The van der Waals surface area contributed by atoms with Crippen molar-refractivity contribution < 1.29 is 9.53 Å². The molecule has 0 aromatic carbocycles. The standard InChI is InChI=1S/C13H26BrNO2/c1-11(13(2,3)4)10-12(16)15(7-6-14)8-9-17-5/h11H,6-10H2,1-5H3. The van der Waals surface area contributed by atoms with Crippen molar-refractivity contribution in [3.05, 3.63) is 0 Å². The molecule has 0 fully saturated rings. The SMILES string of the molecule is COCCN(CCBr)C(=O)CC(C)C(C)(C)C. The molecule has 0 bridgehead atoms. The summed E-state index contributed by atoms with van der Waals surface area (Å²) in [6.45, 7) is 10.7. The molecule has 0 saturated carbocycles. The van der Waals surface area contributed by atoms with Crippen LogP contribution >= 0.6 is 15.9 Å². The van der Waals surface area contributed by atoms with Crippen LogP contribution in [0.3, 0.4) is 0 Å². The van der Waals surface area contributed by atoms with Gasteiger partial charge in [-0.15, -0.1) is 0 Å². The second-order valence-electron chi connectivity index (χ2n) is 5.53. The first-order valence-corrected chi connectivity index (χ1v) is 7.27. The number of nitrogens with zero attached hydrogens (tertiary/aromatic N) is 1. The predicted molar refractivity (Wildman–Crippen MR) is 75.5 cm³/mol. The summed E-state index contributed by atoms with van der Waals surface area (Å²) in [6, 6.07) is 0. The van der Waals surface area contributed by atoms with Crippen LogP contribution in [0.5, 0.6) is 0 Å². The maximum absolute atomic E-state index is 12.1. The highest BCUT2D eigenvalue weighted by molar-refractivity contribution is 9.09. The molecule has 0 rings (SSSR count). The van der Waals surface area contributed by atoms with E-state index in [1.807, 2.05) is 4.90 Å². The maximum atomic E-state index is 12.1. The summed E-state index contributed by atoms with van der Waals surface area (Å²) in [7, 11) is 1.66. The van der Waals surface area contributed by atoms with Crippen LogP contribution in [0.1, 0.15) is 34.1 Å². The summed E-state index contributed by atoms with van der Waals surface area (Å²) >= 11 is 3.38. The lowest BCUT2D eigenvalue weighted by Crippen LogP contribution is -2.37. The molecule has 0 aliphatic rings. The summed E-state index contributed by atoms with van der Waals surface area (Å²) in [5.41, 5.74) is 0.178. The van der Waals surface area contributed by atoms with Gasteiger partial charge >= 0.3 is 0 Å². The predicted octanol–water partition coefficient (Wildman–Crippen LogP) is 2.93. The number of carbonyl (C=O) groups excluding carboxylic acids is 1. The molecule has 0 aromatic heterocycles. The summed E-state index contributed by atoms with van der Waals surface area (Å²) in [5, 5.41) is 0.812. The molecule has 3 nitrogen and oxygen atoms in total. The molecule has 17 heavy (non-hydrogen) atoms. The number of carbonyl (C=O) groups is 1. The molecule has 102 valence electrons. The lowest BCUT2D eigenvalue weighted by Gasteiger charge is -2.29. The number of halogens is 1. The van der Waals surface area contributed by atoms with E-state index in [2.05, 4.69) is 43.6 Å². The van der Waals surface area contributed by atoms with E-state index in [-0.39, 0.29) is 11.3 Å². The minimum absolute atomic E-state index is 0.178. The van der Waals surface area contributed by atoms with Crippen LogP contribution in [0.25, 0.3) is 0 Å². The van der Waals surface area contributed by atoms with Crippen molar-refractivity contribution >= 4 is 21.8 Å². The second kappa shape index (κ2) is 8.09. The van der Waals surface area contributed by atoms with Gasteiger partial charge in [0.1, 0.15) is 0 Å². The van der Waals surface area contributed by atoms with E-state index in [1.54, 1.807) is 7.11 Å². The van der Waals surface area contributed by atoms with Crippen LogP contribution < -0.4 is 0 Å². The average molecular weight is 308 g/mol. The van der Waals surface area contributed by atoms with Gasteiger partial charge in [0.25, 0.3) is 0 Å². The van der Waals surface area contributed by atoms with Crippen LogP contribution in [0.2, 0.25) is 0 Å². The zero-order valence-corrected chi connectivity index (χ0v) is 13.3. The van der Waals surface area contributed by atoms with E-state index in [4.69, 9.17) is 4.74 Å². The lowest BCUT2D eigenvalue weighted by molar-refractivity contribution is -0.133. The maximum Gasteiger partial charge on any atom is 0.222 e. The average Bonchev–Trinajstić information content (AvgIpc) is 2.22. The van der Waals surface area contributed by atoms with E-state index in [9.17, 15) is 4.79 Å². The van der Waals surface area contributed by atoms with Gasteiger partial charge in [-0.3, -0.25) is 4.79 Å². The van der Waals surface area contributed by atoms with Crippen LogP contribution in [0.15, 0.2) is 0 Å². The highest BCUT2D eigenvalue weighted by Crippen LogP contribution is 2.28. The normalized spacial score (nSPS) is 13.5. The molecule has 0 aromatic rings. The Bertz CT molecular complexity index is 226. The number of hydrogen-bond acceptors (Lipinski definition) is 2. The van der Waals surface area contributed by atoms with E-state index in [0.29, 0.717) is 25.5 Å². The summed E-state index contributed by atoms with van der Waals surface area (Å²) in [4.78, 5) is 14.0. The van der Waals surface area contributed by atoms with E-state index in [0.717, 1.165) is 11.9 Å². The molecule has 0 saturated heterocycles. The third-order valence-corrected chi connectivity index (χ3v) is 3.59. The number of methoxy groups -OCH3 is 1. The third-order valence-electron chi connectivity index (χ3n) is 3.23. The Balaban J connectivity index is 4.31. The monoisotopic (exact) mass is 307 g/mol. The minimum atomic E-state index is 0.178. The van der Waals surface area contributed by atoms with Crippen molar-refractivity contribution in [3.8, 4) is 0 Å². The molecule has 1 amide bonds. The number of amides is 1. The molecule has 4 heteroatoms. The number of hydrogen-bond donors (Lipinski definition) is 0. The highest BCUT2D eigenvalue weighted by atomic mass is 79.9. The molecule has 0 radical (unpaired) electrons. The fourth-order valence-corrected chi connectivity index (χ4v) is 1.79. The Morgan fingerprint density at radius 2 is 1.94 bits per heavy atom. The molecule has 0 aliphatic carbocycles. The molecule has 0 aliphatic heterocycles. The van der Waals surface area contributed by atoms with Gasteiger partial charge in [-0.05, 0) is 11.3 Å². The van der Waals surface area contributed by atoms with Crippen molar-refractivity contribution in [2.24, 2.45) is 11.3 Å². The van der Waals surface area contributed by atoms with E-state index >= 15 is 0 Å². The second-order valence-corrected chi connectivity index (χ2v) is 6.33. The third kappa shape index (κ3) is 7.04. The van der Waals surface area contributed by atoms with Crippen molar-refractivity contribution in [3.63, 3.8) is 0 Å². The molecule has 1 unspecified atom stereocenters. The first-order chi connectivity index (χ1) is 7.82. The van der Waals surface area contributed by atoms with Gasteiger partial charge < -0.3 is 9.64 Å². The Morgan fingerprint density at radius 3 is 2.35 bits per heavy atom. The quantitative estimate of drug-likeness (QED) is 0.677. The van der Waals surface area contributed by atoms with Gasteiger partial charge in [0.2, 0.25) is 5.91 Å². The fourth-order valence-electron chi connectivity index (χ4n) is 1.36. The topological polar surface area (TPSA) is 29.5 Å². The highest BCUT2D eigenvalue weighted by Gasteiger charge is 2.24. The Morgan fingerprint density at radius 1 is 1.35 bits per heavy atom. The van der Waals surface area contributed by atoms with Crippen molar-refractivity contribution in [1.29, 1.82) is 0 Å². The zero-order valence-electron chi connectivity index (χ0n) is 11.8. The first-order valence-electron chi connectivity index (χ1n) is 6.15. The smallest absolute Gasteiger partial charge is 0.222 e. The fraction of sp³-hybridized carbons (Fsp3) is 0.923. The Kier molecular flexibility index (Phi) is 8.05. The molecular formula is C13H26BrNO2. The van der Waals surface area contributed by atoms with Crippen molar-refractivity contribution in [2.45, 2.75) is 34.1 Å². The summed E-state index contributed by atoms with van der Waals surface area (Å²) < 4.78 is 5.03. The van der Waals surface area contributed by atoms with Crippen molar-refractivity contribution in [1.82, 2.24) is 4.90 Å². The Hall–Kier alpha value is -0.0900. The largest absolute Gasteiger partial charge is 0.383 e. The van der Waals surface area contributed by atoms with Gasteiger partial charge in [0, 0.05) is 32.0 Å². The Labute approximate surface area is 114 Å². The molecule has 0 N–H and O–H groups in total. The molecule has 0 heterocycles. The number of alkyl halides is 1. The molecular weight excluding hydrogens is 282 g/mol. The van der Waals surface area contributed by atoms with Gasteiger partial charge in [-0.1, -0.05) is 43.6 Å². The van der Waals surface area contributed by atoms with Gasteiger partial charge in [0.15, 0.2) is 0 Å². The molecule has 1 atom stereocenters. The van der Waals surface area contributed by atoms with E-state index in [1.165, 1.54) is 0 Å². The number of rotatable bonds is 7. The summed E-state index contributed by atoms with van der Waals surface area (Å²) in [6.07, 6.45) is 0.611. The van der Waals surface area contributed by atoms with Crippen LogP contribution in [-0.2, 0) is 9.53 Å². The van der Waals surface area contributed by atoms with Crippen LogP contribution in [0.4, 0.5) is 0 Å². The zero-order chi connectivity index (χ0) is 13.5. The van der Waals surface area contributed by atoms with Crippen LogP contribution in [0, 0.1) is 11.3 Å². The minimum Gasteiger partial charge on any atom is -0.383 e. The first kappa shape index (κ1) is 16.9. The number of ether oxygens (including phenoxy) is 1. The van der Waals surface area contributed by atoms with Gasteiger partial charge in [0.05, 0.1) is 6.61 Å². The van der Waals surface area contributed by atoms with E-state index < -0.39 is 0 Å². The van der Waals surface area contributed by atoms with Crippen molar-refractivity contribution in [2.75, 3.05) is 32.1 Å².